The van der Waals surface area contributed by atoms with Crippen LogP contribution in [0.15, 0.2) is 0 Å². The van der Waals surface area contributed by atoms with E-state index in [0.717, 1.165) is 0 Å². The molecule has 0 heterocycles. The van der Waals surface area contributed by atoms with Crippen molar-refractivity contribution in [2.75, 3.05) is 12.3 Å². The SMILES string of the molecule is C[C@@H](NC(=O)NCCSC(F)(F)F)C(=O)O. The summed E-state index contributed by atoms with van der Waals surface area (Å²) >= 11 is -0.258. The third kappa shape index (κ3) is 8.21. The highest BCUT2D eigenvalue weighted by Gasteiger charge is 2.27. The molecule has 0 aliphatic heterocycles. The van der Waals surface area contributed by atoms with Gasteiger partial charge in [0.2, 0.25) is 0 Å². The summed E-state index contributed by atoms with van der Waals surface area (Å²) in [6.45, 7) is 1.05. The molecular weight excluding hydrogens is 249 g/mol. The molecule has 0 aliphatic rings. The lowest BCUT2D eigenvalue weighted by molar-refractivity contribution is -0.138. The van der Waals surface area contributed by atoms with Crippen LogP contribution >= 0.6 is 11.8 Å². The molecule has 0 saturated carbocycles. The highest BCUT2D eigenvalue weighted by Crippen LogP contribution is 2.29. The topological polar surface area (TPSA) is 78.4 Å². The third-order valence-electron chi connectivity index (χ3n) is 1.37. The summed E-state index contributed by atoms with van der Waals surface area (Å²) in [4.78, 5) is 21.2. The Hall–Kier alpha value is -1.12. The second-order valence-electron chi connectivity index (χ2n) is 2.75. The van der Waals surface area contributed by atoms with Crippen molar-refractivity contribution < 1.29 is 27.9 Å². The predicted octanol–water partition coefficient (Wildman–Crippen LogP) is 1.01. The number of nitrogens with one attached hydrogen (secondary N) is 2. The van der Waals surface area contributed by atoms with Crippen molar-refractivity contribution in [2.24, 2.45) is 0 Å². The predicted molar refractivity (Wildman–Crippen MR) is 52.1 cm³/mol. The summed E-state index contributed by atoms with van der Waals surface area (Å²) in [5, 5.41) is 12.6. The summed E-state index contributed by atoms with van der Waals surface area (Å²) in [6.07, 6.45) is 0. The van der Waals surface area contributed by atoms with E-state index in [2.05, 4.69) is 5.32 Å². The van der Waals surface area contributed by atoms with Crippen LogP contribution in [0.5, 0.6) is 0 Å². The second-order valence-corrected chi connectivity index (χ2v) is 3.91. The number of carbonyl (C=O) groups is 2. The third-order valence-corrected chi connectivity index (χ3v) is 2.11. The maximum atomic E-state index is 11.7. The van der Waals surface area contributed by atoms with Gasteiger partial charge in [0.1, 0.15) is 6.04 Å². The molecule has 94 valence electrons. The summed E-state index contributed by atoms with van der Waals surface area (Å²) in [7, 11) is 0. The van der Waals surface area contributed by atoms with Gasteiger partial charge in [-0.05, 0) is 18.7 Å². The van der Waals surface area contributed by atoms with Crippen LogP contribution in [-0.4, -0.2) is 41.0 Å². The Morgan fingerprint density at radius 3 is 2.44 bits per heavy atom. The molecule has 0 aromatic rings. The molecule has 0 rings (SSSR count). The number of hydrogen-bond donors (Lipinski definition) is 3. The molecule has 3 N–H and O–H groups in total. The lowest BCUT2D eigenvalue weighted by Gasteiger charge is -2.10. The fraction of sp³-hybridized carbons (Fsp3) is 0.714. The lowest BCUT2D eigenvalue weighted by atomic mass is 10.3. The Balaban J connectivity index is 3.63. The minimum absolute atomic E-state index is 0.192. The number of carbonyl (C=O) groups excluding carboxylic acids is 1. The van der Waals surface area contributed by atoms with Crippen LogP contribution in [0.2, 0.25) is 0 Å². The summed E-state index contributed by atoms with van der Waals surface area (Å²) in [5.41, 5.74) is -4.33. The fourth-order valence-corrected chi connectivity index (χ4v) is 1.08. The molecule has 0 spiro atoms. The molecule has 0 unspecified atom stereocenters. The molecule has 0 aliphatic carbocycles. The first-order chi connectivity index (χ1) is 7.22. The van der Waals surface area contributed by atoms with Gasteiger partial charge in [-0.25, -0.2) is 4.79 Å². The van der Waals surface area contributed by atoms with Crippen LogP contribution in [0.1, 0.15) is 6.92 Å². The number of carboxylic acids is 1. The summed E-state index contributed by atoms with van der Waals surface area (Å²) < 4.78 is 35.0. The van der Waals surface area contributed by atoms with Crippen LogP contribution in [0.3, 0.4) is 0 Å². The largest absolute Gasteiger partial charge is 0.480 e. The van der Waals surface area contributed by atoms with Gasteiger partial charge in [0, 0.05) is 12.3 Å². The number of thioether (sulfide) groups is 1. The van der Waals surface area contributed by atoms with E-state index in [-0.39, 0.29) is 24.1 Å². The zero-order chi connectivity index (χ0) is 12.8. The number of halogens is 3. The number of amides is 2. The molecule has 16 heavy (non-hydrogen) atoms. The number of alkyl halides is 3. The number of aliphatic carboxylic acids is 1. The van der Waals surface area contributed by atoms with Crippen LogP contribution < -0.4 is 10.6 Å². The van der Waals surface area contributed by atoms with Crippen molar-refractivity contribution in [3.63, 3.8) is 0 Å². The first-order valence-electron chi connectivity index (χ1n) is 4.20. The van der Waals surface area contributed by atoms with Crippen LogP contribution in [0.4, 0.5) is 18.0 Å². The average Bonchev–Trinajstić information content (AvgIpc) is 2.10. The van der Waals surface area contributed by atoms with Crippen molar-refractivity contribution in [3.05, 3.63) is 0 Å². The van der Waals surface area contributed by atoms with E-state index in [1.54, 1.807) is 0 Å². The molecule has 1 atom stereocenters. The molecule has 0 saturated heterocycles. The van der Waals surface area contributed by atoms with Gasteiger partial charge >= 0.3 is 17.5 Å². The van der Waals surface area contributed by atoms with E-state index in [4.69, 9.17) is 5.11 Å². The first-order valence-corrected chi connectivity index (χ1v) is 5.19. The van der Waals surface area contributed by atoms with E-state index in [9.17, 15) is 22.8 Å². The van der Waals surface area contributed by atoms with Crippen molar-refractivity contribution in [1.29, 1.82) is 0 Å². The Morgan fingerprint density at radius 1 is 1.44 bits per heavy atom. The lowest BCUT2D eigenvalue weighted by Crippen LogP contribution is -2.45. The van der Waals surface area contributed by atoms with Crippen molar-refractivity contribution >= 4 is 23.8 Å². The zero-order valence-corrected chi connectivity index (χ0v) is 9.11. The maximum Gasteiger partial charge on any atom is 0.441 e. The van der Waals surface area contributed by atoms with Gasteiger partial charge in [-0.3, -0.25) is 4.79 Å². The Morgan fingerprint density at radius 2 is 2.00 bits per heavy atom. The molecule has 0 fully saturated rings. The van der Waals surface area contributed by atoms with E-state index >= 15 is 0 Å². The van der Waals surface area contributed by atoms with E-state index in [1.165, 1.54) is 6.92 Å². The van der Waals surface area contributed by atoms with Gasteiger partial charge in [-0.2, -0.15) is 13.2 Å². The molecule has 0 aromatic heterocycles. The quantitative estimate of drug-likeness (QED) is 0.645. The van der Waals surface area contributed by atoms with Gasteiger partial charge < -0.3 is 15.7 Å². The number of hydrogen-bond acceptors (Lipinski definition) is 3. The monoisotopic (exact) mass is 260 g/mol. The van der Waals surface area contributed by atoms with E-state index in [1.807, 2.05) is 5.32 Å². The highest BCUT2D eigenvalue weighted by atomic mass is 32.2. The molecule has 2 amide bonds. The molecule has 0 aromatic carbocycles. The maximum absolute atomic E-state index is 11.7. The number of urea groups is 1. The van der Waals surface area contributed by atoms with Gasteiger partial charge in [0.25, 0.3) is 0 Å². The number of rotatable bonds is 5. The first kappa shape index (κ1) is 14.9. The molecule has 0 bridgehead atoms. The fourth-order valence-electron chi connectivity index (χ4n) is 0.641. The van der Waals surface area contributed by atoms with Gasteiger partial charge in [0.15, 0.2) is 0 Å². The van der Waals surface area contributed by atoms with E-state index in [0.29, 0.717) is 0 Å². The second kappa shape index (κ2) is 6.46. The molecular formula is C7H11F3N2O3S. The van der Waals surface area contributed by atoms with Crippen molar-refractivity contribution in [1.82, 2.24) is 10.6 Å². The van der Waals surface area contributed by atoms with Gasteiger partial charge in [-0.1, -0.05) is 0 Å². The highest BCUT2D eigenvalue weighted by molar-refractivity contribution is 8.00. The van der Waals surface area contributed by atoms with Crippen LogP contribution in [-0.2, 0) is 4.79 Å². The minimum atomic E-state index is -4.33. The normalized spacial score (nSPS) is 13.0. The number of carboxylic acid groups (broad SMARTS) is 1. The average molecular weight is 260 g/mol. The standard InChI is InChI=1S/C7H11F3N2O3S/c1-4(5(13)14)12-6(15)11-2-3-16-7(8,9)10/h4H,2-3H2,1H3,(H,13,14)(H2,11,12,15)/t4-/m1/s1. The smallest absolute Gasteiger partial charge is 0.441 e. The Labute approximate surface area is 93.8 Å². The summed E-state index contributed by atoms with van der Waals surface area (Å²) in [6, 6.07) is -1.90. The van der Waals surface area contributed by atoms with Gasteiger partial charge in [-0.15, -0.1) is 0 Å². The Bertz CT molecular complexity index is 260. The Kier molecular flexibility index (Phi) is 6.01. The van der Waals surface area contributed by atoms with E-state index < -0.39 is 23.6 Å². The minimum Gasteiger partial charge on any atom is -0.480 e. The molecule has 9 heteroatoms. The van der Waals surface area contributed by atoms with Crippen LogP contribution in [0.25, 0.3) is 0 Å². The van der Waals surface area contributed by atoms with Crippen LogP contribution in [0, 0.1) is 0 Å². The molecule has 0 radical (unpaired) electrons. The van der Waals surface area contributed by atoms with Crippen molar-refractivity contribution in [3.8, 4) is 0 Å². The zero-order valence-electron chi connectivity index (χ0n) is 8.30. The summed E-state index contributed by atoms with van der Waals surface area (Å²) in [5.74, 6) is -1.54. The van der Waals surface area contributed by atoms with Gasteiger partial charge in [0.05, 0.1) is 0 Å². The van der Waals surface area contributed by atoms with Crippen molar-refractivity contribution in [2.45, 2.75) is 18.5 Å². The molecule has 5 nitrogen and oxygen atoms in total.